The Kier molecular flexibility index (Phi) is 5.30. The Hall–Kier alpha value is -1.67. The molecular weight excluding hydrogens is 274 g/mol. The van der Waals surface area contributed by atoms with Gasteiger partial charge in [-0.15, -0.1) is 0 Å². The summed E-state index contributed by atoms with van der Waals surface area (Å²) in [7, 11) is 5.37. The van der Waals surface area contributed by atoms with Gasteiger partial charge in [0, 0.05) is 26.1 Å². The van der Waals surface area contributed by atoms with Crippen LogP contribution in [0.5, 0.6) is 0 Å². The van der Waals surface area contributed by atoms with E-state index in [9.17, 15) is 15.2 Å². The van der Waals surface area contributed by atoms with Gasteiger partial charge < -0.3 is 15.3 Å². The van der Waals surface area contributed by atoms with Gasteiger partial charge in [0.25, 0.3) is 0 Å². The molecule has 0 aliphatic heterocycles. The summed E-state index contributed by atoms with van der Waals surface area (Å²) in [6, 6.07) is 0. The molecule has 0 radical (unpaired) electrons. The van der Waals surface area contributed by atoms with E-state index < -0.39 is 10.5 Å². The van der Waals surface area contributed by atoms with E-state index in [2.05, 4.69) is 10.4 Å². The highest BCUT2D eigenvalue weighted by Gasteiger charge is 2.30. The van der Waals surface area contributed by atoms with Gasteiger partial charge in [0.05, 0.1) is 10.5 Å². The van der Waals surface area contributed by atoms with Crippen molar-refractivity contribution in [2.75, 3.05) is 32.5 Å². The molecular formula is C13H25N5O3. The predicted molar refractivity (Wildman–Crippen MR) is 81.6 cm³/mol. The molecule has 0 aliphatic rings. The van der Waals surface area contributed by atoms with Crippen molar-refractivity contribution in [2.24, 2.45) is 7.05 Å². The van der Waals surface area contributed by atoms with E-state index in [-0.39, 0.29) is 18.2 Å². The van der Waals surface area contributed by atoms with Crippen LogP contribution in [0.3, 0.4) is 0 Å². The molecule has 0 aliphatic carbocycles. The second-order valence-corrected chi connectivity index (χ2v) is 6.21. The minimum atomic E-state index is -1.00. The van der Waals surface area contributed by atoms with Crippen LogP contribution < -0.4 is 5.32 Å². The molecule has 21 heavy (non-hydrogen) atoms. The average molecular weight is 299 g/mol. The molecule has 2 N–H and O–H groups in total. The lowest BCUT2D eigenvalue weighted by Gasteiger charge is -2.27. The van der Waals surface area contributed by atoms with E-state index in [4.69, 9.17) is 0 Å². The summed E-state index contributed by atoms with van der Waals surface area (Å²) < 4.78 is 1.46. The zero-order chi connectivity index (χ0) is 16.4. The van der Waals surface area contributed by atoms with Crippen LogP contribution in [0.15, 0.2) is 0 Å². The van der Waals surface area contributed by atoms with E-state index in [1.165, 1.54) is 4.68 Å². The van der Waals surface area contributed by atoms with Crippen molar-refractivity contribution in [3.8, 4) is 0 Å². The van der Waals surface area contributed by atoms with Crippen molar-refractivity contribution in [3.63, 3.8) is 0 Å². The molecule has 0 amide bonds. The van der Waals surface area contributed by atoms with Crippen molar-refractivity contribution in [2.45, 2.75) is 32.3 Å². The van der Waals surface area contributed by atoms with Gasteiger partial charge in [0.2, 0.25) is 5.82 Å². The number of hydrogen-bond acceptors (Lipinski definition) is 6. The van der Waals surface area contributed by atoms with E-state index in [1.54, 1.807) is 14.0 Å². The molecule has 1 aromatic rings. The zero-order valence-electron chi connectivity index (χ0n) is 13.5. The van der Waals surface area contributed by atoms with Crippen LogP contribution in [0.4, 0.5) is 11.5 Å². The standard InChI is InChI=1S/C13H25N5O3/c1-9(2)10-11(18(20)21)12(17(6)15-10)14-7-13(3,19)8-16(4)5/h9,14,19H,7-8H2,1-6H3. The normalized spacial score (nSPS) is 14.5. The lowest BCUT2D eigenvalue weighted by Crippen LogP contribution is -2.43. The maximum absolute atomic E-state index is 11.3. The molecule has 0 bridgehead atoms. The topological polar surface area (TPSA) is 96.5 Å². The third-order valence-electron chi connectivity index (χ3n) is 3.07. The third kappa shape index (κ3) is 4.40. The Balaban J connectivity index is 3.01. The number of likely N-dealkylation sites (N-methyl/N-ethyl adjacent to an activating group) is 1. The van der Waals surface area contributed by atoms with Gasteiger partial charge in [0.1, 0.15) is 5.69 Å². The van der Waals surface area contributed by atoms with Crippen LogP contribution in [-0.4, -0.2) is 57.5 Å². The van der Waals surface area contributed by atoms with Gasteiger partial charge in [-0.3, -0.25) is 10.1 Å². The Bertz CT molecular complexity index is 508. The maximum Gasteiger partial charge on any atom is 0.334 e. The second kappa shape index (κ2) is 6.40. The minimum Gasteiger partial charge on any atom is -0.387 e. The number of aromatic nitrogens is 2. The van der Waals surface area contributed by atoms with Gasteiger partial charge in [0.15, 0.2) is 0 Å². The Morgan fingerprint density at radius 2 is 2.10 bits per heavy atom. The summed E-state index contributed by atoms with van der Waals surface area (Å²) in [4.78, 5) is 12.7. The van der Waals surface area contributed by atoms with Gasteiger partial charge in [-0.25, -0.2) is 4.68 Å². The van der Waals surface area contributed by atoms with Crippen LogP contribution in [0.1, 0.15) is 32.4 Å². The molecule has 1 rings (SSSR count). The molecule has 1 atom stereocenters. The molecule has 8 heteroatoms. The Labute approximate surface area is 124 Å². The zero-order valence-corrected chi connectivity index (χ0v) is 13.5. The molecule has 8 nitrogen and oxygen atoms in total. The fourth-order valence-electron chi connectivity index (χ4n) is 2.31. The highest BCUT2D eigenvalue weighted by molar-refractivity contribution is 5.60. The summed E-state index contributed by atoms with van der Waals surface area (Å²) in [6.45, 7) is 6.06. The fourth-order valence-corrected chi connectivity index (χ4v) is 2.31. The quantitative estimate of drug-likeness (QED) is 0.579. The molecule has 0 saturated heterocycles. The lowest BCUT2D eigenvalue weighted by atomic mass is 10.1. The van der Waals surface area contributed by atoms with Gasteiger partial charge in [-0.2, -0.15) is 5.10 Å². The van der Waals surface area contributed by atoms with Crippen LogP contribution in [0.25, 0.3) is 0 Å². The molecule has 1 unspecified atom stereocenters. The van der Waals surface area contributed by atoms with Gasteiger partial charge in [-0.1, -0.05) is 13.8 Å². The summed E-state index contributed by atoms with van der Waals surface area (Å²) in [5, 5.41) is 28.8. The number of hydrogen-bond donors (Lipinski definition) is 2. The second-order valence-electron chi connectivity index (χ2n) is 6.21. The highest BCUT2D eigenvalue weighted by Crippen LogP contribution is 2.32. The number of anilines is 1. The van der Waals surface area contributed by atoms with Crippen LogP contribution in [-0.2, 0) is 7.05 Å². The molecule has 0 fully saturated rings. The average Bonchev–Trinajstić information content (AvgIpc) is 2.62. The van der Waals surface area contributed by atoms with E-state index in [0.29, 0.717) is 18.1 Å². The number of nitro groups is 1. The molecule has 0 aromatic carbocycles. The smallest absolute Gasteiger partial charge is 0.334 e. The van der Waals surface area contributed by atoms with Crippen molar-refractivity contribution < 1.29 is 10.0 Å². The van der Waals surface area contributed by atoms with Crippen molar-refractivity contribution in [1.82, 2.24) is 14.7 Å². The molecule has 120 valence electrons. The van der Waals surface area contributed by atoms with Crippen LogP contribution in [0, 0.1) is 10.1 Å². The van der Waals surface area contributed by atoms with E-state index in [1.807, 2.05) is 32.8 Å². The van der Waals surface area contributed by atoms with Gasteiger partial charge >= 0.3 is 5.69 Å². The minimum absolute atomic E-state index is 0.0202. The number of rotatable bonds is 7. The SMILES string of the molecule is CC(C)c1nn(C)c(NCC(C)(O)CN(C)C)c1[N+](=O)[O-]. The number of nitrogens with one attached hydrogen (secondary N) is 1. The van der Waals surface area contributed by atoms with Crippen LogP contribution >= 0.6 is 0 Å². The largest absolute Gasteiger partial charge is 0.387 e. The maximum atomic E-state index is 11.3. The molecule has 0 saturated carbocycles. The number of nitrogens with zero attached hydrogens (tertiary/aromatic N) is 4. The third-order valence-corrected chi connectivity index (χ3v) is 3.07. The first kappa shape index (κ1) is 17.4. The highest BCUT2D eigenvalue weighted by atomic mass is 16.6. The lowest BCUT2D eigenvalue weighted by molar-refractivity contribution is -0.384. The fraction of sp³-hybridized carbons (Fsp3) is 0.769. The van der Waals surface area contributed by atoms with E-state index in [0.717, 1.165) is 0 Å². The first-order valence-electron chi connectivity index (χ1n) is 6.87. The predicted octanol–water partition coefficient (Wildman–Crippen LogP) is 1.18. The molecule has 0 spiro atoms. The molecule has 1 heterocycles. The van der Waals surface area contributed by atoms with Crippen molar-refractivity contribution in [1.29, 1.82) is 0 Å². The first-order valence-corrected chi connectivity index (χ1v) is 6.87. The van der Waals surface area contributed by atoms with E-state index >= 15 is 0 Å². The Morgan fingerprint density at radius 1 is 1.52 bits per heavy atom. The van der Waals surface area contributed by atoms with Gasteiger partial charge in [-0.05, 0) is 21.0 Å². The number of aryl methyl sites for hydroxylation is 1. The monoisotopic (exact) mass is 299 g/mol. The summed E-state index contributed by atoms with van der Waals surface area (Å²) >= 11 is 0. The Morgan fingerprint density at radius 3 is 2.52 bits per heavy atom. The summed E-state index contributed by atoms with van der Waals surface area (Å²) in [6.07, 6.45) is 0. The van der Waals surface area contributed by atoms with Crippen molar-refractivity contribution in [3.05, 3.63) is 15.8 Å². The first-order chi connectivity index (χ1) is 9.55. The number of aliphatic hydroxyl groups is 1. The molecule has 1 aromatic heterocycles. The van der Waals surface area contributed by atoms with Crippen LogP contribution in [0.2, 0.25) is 0 Å². The summed E-state index contributed by atoms with van der Waals surface area (Å²) in [5.41, 5.74) is -0.579. The summed E-state index contributed by atoms with van der Waals surface area (Å²) in [5.74, 6) is 0.275. The van der Waals surface area contributed by atoms with Crippen molar-refractivity contribution >= 4 is 11.5 Å².